The molecule has 3 aliphatic rings. The number of fused-ring (bicyclic) bond motifs is 3. The maximum atomic E-state index is 12.7. The van der Waals surface area contributed by atoms with Gasteiger partial charge in [-0.05, 0) is 41.0 Å². The summed E-state index contributed by atoms with van der Waals surface area (Å²) in [6, 6.07) is 15.8. The predicted octanol–water partition coefficient (Wildman–Crippen LogP) is 2.91. The van der Waals surface area contributed by atoms with E-state index >= 15 is 0 Å². The highest BCUT2D eigenvalue weighted by Gasteiger charge is 2.39. The van der Waals surface area contributed by atoms with Crippen molar-refractivity contribution < 1.29 is 29.0 Å². The average Bonchev–Trinajstić information content (AvgIpc) is 3.38. The third kappa shape index (κ3) is 4.50. The minimum Gasteiger partial charge on any atom is -0.481 e. The molecule has 0 aromatic heterocycles. The molecule has 1 saturated carbocycles. The van der Waals surface area contributed by atoms with Gasteiger partial charge in [-0.25, -0.2) is 4.79 Å². The number of carboxylic acid groups (broad SMARTS) is 1. The van der Waals surface area contributed by atoms with Crippen LogP contribution in [0, 0.1) is 11.8 Å². The number of rotatable bonds is 7. The van der Waals surface area contributed by atoms with Crippen LogP contribution < -0.4 is 10.6 Å². The third-order valence-corrected chi connectivity index (χ3v) is 7.11. The molecule has 5 rings (SSSR count). The van der Waals surface area contributed by atoms with Gasteiger partial charge in [-0.15, -0.1) is 0 Å². The number of carbonyl (C=O) groups excluding carboxylic acids is 2. The number of amides is 2. The number of alkyl carbamates (subject to hydrolysis) is 1. The molecule has 2 fully saturated rings. The second kappa shape index (κ2) is 9.46. The van der Waals surface area contributed by atoms with Crippen molar-refractivity contribution in [3.05, 3.63) is 59.7 Å². The van der Waals surface area contributed by atoms with Crippen LogP contribution in [0.4, 0.5) is 4.79 Å². The van der Waals surface area contributed by atoms with E-state index in [-0.39, 0.29) is 50.0 Å². The SMILES string of the molecule is O=C(O)CC1CC(NC(=O)C2COCC2NC(=O)OCC2c3ccccc3-c3ccccc32)C1. The largest absolute Gasteiger partial charge is 0.481 e. The van der Waals surface area contributed by atoms with Crippen molar-refractivity contribution >= 4 is 18.0 Å². The predicted molar refractivity (Wildman–Crippen MR) is 123 cm³/mol. The van der Waals surface area contributed by atoms with E-state index in [1.807, 2.05) is 24.3 Å². The number of aliphatic carboxylic acids is 1. The van der Waals surface area contributed by atoms with Gasteiger partial charge >= 0.3 is 12.1 Å². The van der Waals surface area contributed by atoms with Crippen molar-refractivity contribution in [2.45, 2.75) is 37.3 Å². The smallest absolute Gasteiger partial charge is 0.407 e. The molecular weight excluding hydrogens is 436 g/mol. The lowest BCUT2D eigenvalue weighted by molar-refractivity contribution is -0.139. The van der Waals surface area contributed by atoms with E-state index in [0.29, 0.717) is 12.8 Å². The van der Waals surface area contributed by atoms with E-state index in [1.165, 1.54) is 0 Å². The summed E-state index contributed by atoms with van der Waals surface area (Å²) in [5.41, 5.74) is 4.60. The highest BCUT2D eigenvalue weighted by atomic mass is 16.5. The normalized spacial score (nSPS) is 25.1. The Morgan fingerprint density at radius 3 is 2.24 bits per heavy atom. The van der Waals surface area contributed by atoms with E-state index in [2.05, 4.69) is 34.9 Å². The molecule has 2 atom stereocenters. The van der Waals surface area contributed by atoms with E-state index in [9.17, 15) is 14.4 Å². The lowest BCUT2D eigenvalue weighted by Gasteiger charge is -2.35. The third-order valence-electron chi connectivity index (χ3n) is 7.11. The fourth-order valence-corrected chi connectivity index (χ4v) is 5.32. The molecule has 0 bridgehead atoms. The fraction of sp³-hybridized carbons (Fsp3) is 0.423. The molecule has 34 heavy (non-hydrogen) atoms. The number of hydrogen-bond acceptors (Lipinski definition) is 5. The zero-order valence-electron chi connectivity index (χ0n) is 18.7. The number of carboxylic acids is 1. The maximum Gasteiger partial charge on any atom is 0.407 e. The average molecular weight is 465 g/mol. The number of nitrogens with one attached hydrogen (secondary N) is 2. The van der Waals surface area contributed by atoms with Crippen molar-refractivity contribution in [3.63, 3.8) is 0 Å². The van der Waals surface area contributed by atoms with Crippen LogP contribution in [-0.4, -0.2) is 55.0 Å². The number of carbonyl (C=O) groups is 3. The van der Waals surface area contributed by atoms with Crippen LogP contribution in [-0.2, 0) is 19.1 Å². The molecular formula is C26H28N2O6. The molecule has 178 valence electrons. The summed E-state index contributed by atoms with van der Waals surface area (Å²) in [5, 5.41) is 14.6. The first-order chi connectivity index (χ1) is 16.5. The first kappa shape index (κ1) is 22.4. The second-order valence-corrected chi connectivity index (χ2v) is 9.36. The molecule has 0 spiro atoms. The standard InChI is InChI=1S/C26H28N2O6/c29-24(30)11-15-9-16(10-15)27-25(31)22-12-33-14-23(22)28-26(32)34-13-21-19-7-3-1-5-17(19)18-6-2-4-8-20(18)21/h1-8,15-16,21-23H,9-14H2,(H,27,31)(H,28,32)(H,29,30). The Labute approximate surface area is 197 Å². The Morgan fingerprint density at radius 2 is 1.59 bits per heavy atom. The molecule has 1 aliphatic heterocycles. The van der Waals surface area contributed by atoms with Crippen LogP contribution in [0.3, 0.4) is 0 Å². The van der Waals surface area contributed by atoms with E-state index in [1.54, 1.807) is 0 Å². The summed E-state index contributed by atoms with van der Waals surface area (Å²) in [5.74, 6) is -1.42. The van der Waals surface area contributed by atoms with Gasteiger partial charge in [0.15, 0.2) is 0 Å². The van der Waals surface area contributed by atoms with E-state index in [0.717, 1.165) is 22.3 Å². The van der Waals surface area contributed by atoms with Crippen LogP contribution in [0.5, 0.6) is 0 Å². The van der Waals surface area contributed by atoms with Crippen molar-refractivity contribution in [1.82, 2.24) is 10.6 Å². The van der Waals surface area contributed by atoms with Gasteiger partial charge in [0.25, 0.3) is 0 Å². The van der Waals surface area contributed by atoms with Gasteiger partial charge in [-0.1, -0.05) is 48.5 Å². The zero-order valence-corrected chi connectivity index (χ0v) is 18.7. The van der Waals surface area contributed by atoms with Crippen molar-refractivity contribution in [2.75, 3.05) is 19.8 Å². The van der Waals surface area contributed by atoms with Crippen molar-refractivity contribution in [3.8, 4) is 11.1 Å². The Bertz CT molecular complexity index is 1050. The van der Waals surface area contributed by atoms with Crippen LogP contribution >= 0.6 is 0 Å². The van der Waals surface area contributed by atoms with Gasteiger partial charge < -0.3 is 25.2 Å². The van der Waals surface area contributed by atoms with Crippen molar-refractivity contribution in [2.24, 2.45) is 11.8 Å². The summed E-state index contributed by atoms with van der Waals surface area (Å²) < 4.78 is 11.1. The Balaban J connectivity index is 1.14. The van der Waals surface area contributed by atoms with E-state index < -0.39 is 24.0 Å². The van der Waals surface area contributed by atoms with Gasteiger partial charge in [0, 0.05) is 18.4 Å². The molecule has 1 heterocycles. The van der Waals surface area contributed by atoms with Gasteiger partial charge in [0.1, 0.15) is 6.61 Å². The maximum absolute atomic E-state index is 12.7. The van der Waals surface area contributed by atoms with E-state index in [4.69, 9.17) is 14.6 Å². The minimum absolute atomic E-state index is 0.0208. The molecule has 8 nitrogen and oxygen atoms in total. The van der Waals surface area contributed by atoms with Gasteiger partial charge in [-0.3, -0.25) is 9.59 Å². The lowest BCUT2D eigenvalue weighted by atomic mass is 9.78. The number of ether oxygens (including phenoxy) is 2. The second-order valence-electron chi connectivity index (χ2n) is 9.36. The Morgan fingerprint density at radius 1 is 0.941 bits per heavy atom. The van der Waals surface area contributed by atoms with Crippen molar-refractivity contribution in [1.29, 1.82) is 0 Å². The summed E-state index contributed by atoms with van der Waals surface area (Å²) >= 11 is 0. The summed E-state index contributed by atoms with van der Waals surface area (Å²) in [4.78, 5) is 36.1. The first-order valence-electron chi connectivity index (χ1n) is 11.7. The first-order valence-corrected chi connectivity index (χ1v) is 11.7. The topological polar surface area (TPSA) is 114 Å². The molecule has 2 aromatic carbocycles. The quantitative estimate of drug-likeness (QED) is 0.581. The molecule has 3 N–H and O–H groups in total. The highest BCUT2D eigenvalue weighted by Crippen LogP contribution is 2.44. The van der Waals surface area contributed by atoms with Gasteiger partial charge in [0.2, 0.25) is 5.91 Å². The lowest BCUT2D eigenvalue weighted by Crippen LogP contribution is -2.51. The summed E-state index contributed by atoms with van der Waals surface area (Å²) in [6.07, 6.45) is 0.886. The molecule has 2 unspecified atom stereocenters. The Kier molecular flexibility index (Phi) is 6.24. The monoisotopic (exact) mass is 464 g/mol. The molecule has 0 radical (unpaired) electrons. The molecule has 2 aliphatic carbocycles. The summed E-state index contributed by atoms with van der Waals surface area (Å²) in [6.45, 7) is 0.678. The molecule has 2 amide bonds. The highest BCUT2D eigenvalue weighted by molar-refractivity contribution is 5.82. The van der Waals surface area contributed by atoms with Gasteiger partial charge in [0.05, 0.1) is 25.2 Å². The van der Waals surface area contributed by atoms with Crippen LogP contribution in [0.1, 0.15) is 36.3 Å². The minimum atomic E-state index is -0.814. The molecule has 1 saturated heterocycles. The van der Waals surface area contributed by atoms with Crippen LogP contribution in [0.25, 0.3) is 11.1 Å². The Hall–Kier alpha value is -3.39. The molecule has 2 aromatic rings. The summed E-state index contributed by atoms with van der Waals surface area (Å²) in [7, 11) is 0. The van der Waals surface area contributed by atoms with Crippen LogP contribution in [0.15, 0.2) is 48.5 Å². The van der Waals surface area contributed by atoms with Crippen LogP contribution in [0.2, 0.25) is 0 Å². The number of benzene rings is 2. The zero-order chi connectivity index (χ0) is 23.7. The number of hydrogen-bond donors (Lipinski definition) is 3. The van der Waals surface area contributed by atoms with Gasteiger partial charge in [-0.2, -0.15) is 0 Å². The fourth-order valence-electron chi connectivity index (χ4n) is 5.32. The molecule has 8 heteroatoms.